The first-order valence-electron chi connectivity index (χ1n) is 6.31. The predicted molar refractivity (Wildman–Crippen MR) is 79.9 cm³/mol. The Morgan fingerprint density at radius 1 is 1.00 bits per heavy atom. The second-order valence-electron chi connectivity index (χ2n) is 4.83. The minimum atomic E-state index is -0.383. The lowest BCUT2D eigenvalue weighted by Gasteiger charge is -2.11. The minimum Gasteiger partial charge on any atom is -0.496 e. The second kappa shape index (κ2) is 3.97. The minimum absolute atomic E-state index is 0.0883. The summed E-state index contributed by atoms with van der Waals surface area (Å²) in [6.45, 7) is 0. The van der Waals surface area contributed by atoms with E-state index in [1.165, 1.54) is 0 Å². The zero-order valence-corrected chi connectivity index (χ0v) is 11.5. The Morgan fingerprint density at radius 2 is 1.65 bits per heavy atom. The third kappa shape index (κ3) is 1.32. The normalized spacial score (nSPS) is 11.8. The van der Waals surface area contributed by atoms with Gasteiger partial charge in [0.15, 0.2) is 5.82 Å². The van der Waals surface area contributed by atoms with E-state index < -0.39 is 0 Å². The molecule has 98 valence electrons. The molecule has 0 amide bonds. The topological polar surface area (TPSA) is 9.23 Å². The Hall–Kier alpha value is -2.06. The van der Waals surface area contributed by atoms with E-state index in [9.17, 15) is 4.39 Å². The highest BCUT2D eigenvalue weighted by atomic mass is 35.5. The number of fused-ring (bicyclic) bond motifs is 3. The molecule has 0 fully saturated rings. The summed E-state index contributed by atoms with van der Waals surface area (Å²) in [5, 5.41) is 2.24. The lowest BCUT2D eigenvalue weighted by Crippen LogP contribution is -1.91. The van der Waals surface area contributed by atoms with Gasteiger partial charge in [-0.3, -0.25) is 0 Å². The summed E-state index contributed by atoms with van der Waals surface area (Å²) < 4.78 is 19.9. The summed E-state index contributed by atoms with van der Waals surface area (Å²) in [4.78, 5) is 0. The van der Waals surface area contributed by atoms with Gasteiger partial charge in [-0.15, -0.1) is 0 Å². The summed E-state index contributed by atoms with van der Waals surface area (Å²) in [5.74, 6) is 0.223. The Morgan fingerprint density at radius 3 is 2.30 bits per heavy atom. The van der Waals surface area contributed by atoms with E-state index in [1.807, 2.05) is 36.4 Å². The molecule has 0 heterocycles. The van der Waals surface area contributed by atoms with Gasteiger partial charge < -0.3 is 4.74 Å². The fraction of sp³-hybridized carbons (Fsp3) is 0.0588. The molecule has 0 bridgehead atoms. The molecule has 3 aromatic carbocycles. The van der Waals surface area contributed by atoms with Crippen LogP contribution in [-0.4, -0.2) is 7.11 Å². The van der Waals surface area contributed by atoms with E-state index in [-0.39, 0.29) is 10.8 Å². The predicted octanol–water partition coefficient (Wildman–Crippen LogP) is 5.29. The number of rotatable bonds is 1. The Bertz CT molecular complexity index is 865. The molecule has 0 N–H and O–H groups in total. The molecule has 20 heavy (non-hydrogen) atoms. The fourth-order valence-corrected chi connectivity index (χ4v) is 3.24. The maximum Gasteiger partial charge on any atom is 0.150 e. The van der Waals surface area contributed by atoms with Gasteiger partial charge in [-0.1, -0.05) is 48.0 Å². The van der Waals surface area contributed by atoms with Crippen LogP contribution >= 0.6 is 11.6 Å². The second-order valence-corrected chi connectivity index (χ2v) is 5.24. The van der Waals surface area contributed by atoms with Crippen LogP contribution in [0, 0.1) is 5.82 Å². The summed E-state index contributed by atoms with van der Waals surface area (Å²) in [6, 6.07) is 13.4. The first-order chi connectivity index (χ1) is 9.72. The van der Waals surface area contributed by atoms with E-state index in [0.717, 1.165) is 27.5 Å². The molecule has 0 spiro atoms. The Labute approximate surface area is 120 Å². The highest BCUT2D eigenvalue weighted by Crippen LogP contribution is 2.53. The average molecular weight is 285 g/mol. The SMILES string of the molecule is COc1cc(Cl)c(F)c2c1-c1cccc3cccc-2c13. The zero-order valence-electron chi connectivity index (χ0n) is 10.7. The van der Waals surface area contributed by atoms with Gasteiger partial charge in [0.1, 0.15) is 5.75 Å². The molecule has 1 aliphatic carbocycles. The van der Waals surface area contributed by atoms with E-state index in [2.05, 4.69) is 0 Å². The molecule has 0 atom stereocenters. The number of hydrogen-bond donors (Lipinski definition) is 0. The van der Waals surface area contributed by atoms with Gasteiger partial charge in [0.25, 0.3) is 0 Å². The van der Waals surface area contributed by atoms with E-state index in [4.69, 9.17) is 16.3 Å². The molecule has 0 aliphatic heterocycles. The summed E-state index contributed by atoms with van der Waals surface area (Å²) in [6.07, 6.45) is 0. The highest BCUT2D eigenvalue weighted by Gasteiger charge is 2.28. The van der Waals surface area contributed by atoms with Crippen LogP contribution in [0.5, 0.6) is 5.75 Å². The average Bonchev–Trinajstić information content (AvgIpc) is 2.81. The number of ether oxygens (including phenoxy) is 1. The number of benzene rings is 3. The van der Waals surface area contributed by atoms with Gasteiger partial charge in [0.05, 0.1) is 12.1 Å². The smallest absolute Gasteiger partial charge is 0.150 e. The van der Waals surface area contributed by atoms with Crippen molar-refractivity contribution in [3.63, 3.8) is 0 Å². The van der Waals surface area contributed by atoms with Gasteiger partial charge in [0.2, 0.25) is 0 Å². The Kier molecular flexibility index (Phi) is 2.33. The summed E-state index contributed by atoms with van der Waals surface area (Å²) >= 11 is 6.00. The van der Waals surface area contributed by atoms with E-state index in [1.54, 1.807) is 13.2 Å². The molecule has 1 nitrogen and oxygen atoms in total. The lowest BCUT2D eigenvalue weighted by molar-refractivity contribution is 0.416. The first-order valence-corrected chi connectivity index (χ1v) is 6.68. The standard InChI is InChI=1S/C17H10ClFO/c1-20-13-8-12(18)17(19)16-11-7-3-5-9-4-2-6-10(14(9)11)15(13)16/h2-8H,1H3. The lowest BCUT2D eigenvalue weighted by atomic mass is 10.0. The van der Waals surface area contributed by atoms with Gasteiger partial charge in [0, 0.05) is 17.2 Å². The van der Waals surface area contributed by atoms with Crippen molar-refractivity contribution in [2.24, 2.45) is 0 Å². The van der Waals surface area contributed by atoms with Crippen molar-refractivity contribution in [2.75, 3.05) is 7.11 Å². The number of halogens is 2. The van der Waals surface area contributed by atoms with Crippen LogP contribution in [0.1, 0.15) is 0 Å². The van der Waals surface area contributed by atoms with Gasteiger partial charge in [-0.2, -0.15) is 0 Å². The number of methoxy groups -OCH3 is 1. The van der Waals surface area contributed by atoms with Crippen molar-refractivity contribution in [3.05, 3.63) is 53.3 Å². The molecule has 3 heteroatoms. The van der Waals surface area contributed by atoms with E-state index >= 15 is 0 Å². The molecule has 4 rings (SSSR count). The van der Waals surface area contributed by atoms with Crippen molar-refractivity contribution >= 4 is 22.4 Å². The van der Waals surface area contributed by atoms with Crippen LogP contribution in [0.4, 0.5) is 4.39 Å². The quantitative estimate of drug-likeness (QED) is 0.461. The van der Waals surface area contributed by atoms with Crippen molar-refractivity contribution in [2.45, 2.75) is 0 Å². The van der Waals surface area contributed by atoms with Crippen LogP contribution in [0.15, 0.2) is 42.5 Å². The molecule has 0 unspecified atom stereocenters. The molecular weight excluding hydrogens is 275 g/mol. The van der Waals surface area contributed by atoms with Crippen molar-refractivity contribution < 1.29 is 9.13 Å². The molecular formula is C17H10ClFO. The molecule has 0 saturated heterocycles. The third-order valence-electron chi connectivity index (χ3n) is 3.85. The van der Waals surface area contributed by atoms with Gasteiger partial charge in [-0.25, -0.2) is 4.39 Å². The van der Waals surface area contributed by atoms with Crippen molar-refractivity contribution in [1.82, 2.24) is 0 Å². The maximum absolute atomic E-state index is 14.5. The van der Waals surface area contributed by atoms with Crippen molar-refractivity contribution in [1.29, 1.82) is 0 Å². The van der Waals surface area contributed by atoms with Crippen LogP contribution in [0.2, 0.25) is 5.02 Å². The number of hydrogen-bond acceptors (Lipinski definition) is 1. The summed E-state index contributed by atoms with van der Waals surface area (Å²) in [5.41, 5.74) is 3.22. The van der Waals surface area contributed by atoms with Crippen LogP contribution in [-0.2, 0) is 0 Å². The zero-order chi connectivity index (χ0) is 13.9. The van der Waals surface area contributed by atoms with Crippen LogP contribution < -0.4 is 4.74 Å². The Balaban J connectivity index is 2.27. The van der Waals surface area contributed by atoms with Gasteiger partial charge >= 0.3 is 0 Å². The van der Waals surface area contributed by atoms with Crippen molar-refractivity contribution in [3.8, 4) is 28.0 Å². The molecule has 3 aromatic rings. The van der Waals surface area contributed by atoms with Gasteiger partial charge in [-0.05, 0) is 21.9 Å². The third-order valence-corrected chi connectivity index (χ3v) is 4.12. The molecule has 0 saturated carbocycles. The maximum atomic E-state index is 14.5. The highest BCUT2D eigenvalue weighted by molar-refractivity contribution is 6.32. The molecule has 1 aliphatic rings. The molecule has 0 aromatic heterocycles. The molecule has 0 radical (unpaired) electrons. The van der Waals surface area contributed by atoms with Crippen LogP contribution in [0.3, 0.4) is 0 Å². The first kappa shape index (κ1) is 11.7. The largest absolute Gasteiger partial charge is 0.496 e. The van der Waals surface area contributed by atoms with E-state index in [0.29, 0.717) is 11.3 Å². The van der Waals surface area contributed by atoms with Crippen LogP contribution in [0.25, 0.3) is 33.0 Å². The fourth-order valence-electron chi connectivity index (χ4n) is 3.04. The summed E-state index contributed by atoms with van der Waals surface area (Å²) in [7, 11) is 1.58. The monoisotopic (exact) mass is 284 g/mol.